The highest BCUT2D eigenvalue weighted by molar-refractivity contribution is 9.11. The molecule has 0 radical (unpaired) electrons. The van der Waals surface area contributed by atoms with Crippen molar-refractivity contribution >= 4 is 22.0 Å². The quantitative estimate of drug-likeness (QED) is 0.449. The molecule has 1 aromatic carbocycles. The number of benzene rings is 1. The molecule has 0 aliphatic carbocycles. The molecule has 0 aromatic heterocycles. The van der Waals surface area contributed by atoms with Crippen LogP contribution in [0.3, 0.4) is 0 Å². The monoisotopic (exact) mass is 406 g/mol. The van der Waals surface area contributed by atoms with Gasteiger partial charge in [0.15, 0.2) is 11.5 Å². The number of allylic oxidation sites excluding steroid dienone is 4. The summed E-state index contributed by atoms with van der Waals surface area (Å²) in [6, 6.07) is 5.98. The summed E-state index contributed by atoms with van der Waals surface area (Å²) in [6.45, 7) is 11.2. The highest BCUT2D eigenvalue weighted by atomic mass is 79.9. The molecular formula is C21H27BrO3. The number of hydrogen-bond acceptors (Lipinski definition) is 3. The van der Waals surface area contributed by atoms with E-state index in [4.69, 9.17) is 14.2 Å². The molecule has 0 saturated heterocycles. The first kappa shape index (κ1) is 19.8. The van der Waals surface area contributed by atoms with Gasteiger partial charge in [-0.05, 0) is 56.8 Å². The summed E-state index contributed by atoms with van der Waals surface area (Å²) in [5.41, 5.74) is 1.82. The van der Waals surface area contributed by atoms with Crippen LogP contribution in [0.25, 0.3) is 6.08 Å². The number of rotatable bonds is 5. The Morgan fingerprint density at radius 3 is 2.72 bits per heavy atom. The fraction of sp³-hybridized carbons (Fsp3) is 0.429. The average molecular weight is 407 g/mol. The Labute approximate surface area is 159 Å². The van der Waals surface area contributed by atoms with E-state index in [-0.39, 0.29) is 6.10 Å². The van der Waals surface area contributed by atoms with E-state index in [1.807, 2.05) is 57.2 Å². The van der Waals surface area contributed by atoms with Gasteiger partial charge in [-0.25, -0.2) is 0 Å². The molecule has 3 nitrogen and oxygen atoms in total. The lowest BCUT2D eigenvalue weighted by atomic mass is 10.0. The zero-order chi connectivity index (χ0) is 18.4. The number of hydrogen-bond donors (Lipinski definition) is 0. The number of halogens is 1. The number of ether oxygens (including phenoxy) is 3. The largest absolute Gasteiger partial charge is 0.487 e. The molecule has 2 rings (SSSR count). The Hall–Kier alpha value is -1.52. The predicted octanol–water partition coefficient (Wildman–Crippen LogP) is 5.90. The van der Waals surface area contributed by atoms with Crippen LogP contribution in [0.2, 0.25) is 0 Å². The van der Waals surface area contributed by atoms with E-state index in [2.05, 4.69) is 35.9 Å². The molecule has 0 amide bonds. The molecule has 1 aromatic rings. The Morgan fingerprint density at radius 2 is 2.04 bits per heavy atom. The fourth-order valence-electron chi connectivity index (χ4n) is 2.41. The molecule has 136 valence electrons. The smallest absolute Gasteiger partial charge is 0.162 e. The molecule has 1 aliphatic rings. The van der Waals surface area contributed by atoms with Crippen molar-refractivity contribution in [2.45, 2.75) is 46.3 Å². The molecule has 0 N–H and O–H groups in total. The van der Waals surface area contributed by atoms with Gasteiger partial charge in [-0.1, -0.05) is 51.9 Å². The minimum Gasteiger partial charge on any atom is -0.487 e. The van der Waals surface area contributed by atoms with Gasteiger partial charge in [-0.2, -0.15) is 0 Å². The van der Waals surface area contributed by atoms with Crippen LogP contribution in [-0.4, -0.2) is 24.9 Å². The summed E-state index contributed by atoms with van der Waals surface area (Å²) in [5.74, 6) is 1.51. The topological polar surface area (TPSA) is 27.7 Å². The van der Waals surface area contributed by atoms with E-state index < -0.39 is 5.60 Å². The van der Waals surface area contributed by atoms with Crippen molar-refractivity contribution in [3.63, 3.8) is 0 Å². The van der Waals surface area contributed by atoms with Gasteiger partial charge in [-0.3, -0.25) is 0 Å². The Balaban J connectivity index is 2.16. The van der Waals surface area contributed by atoms with Crippen LogP contribution in [0.5, 0.6) is 11.5 Å². The first-order valence-electron chi connectivity index (χ1n) is 8.49. The summed E-state index contributed by atoms with van der Waals surface area (Å²) in [6.07, 6.45) is 7.96. The lowest BCUT2D eigenvalue weighted by molar-refractivity contribution is -0.0717. The Morgan fingerprint density at radius 1 is 1.28 bits per heavy atom. The van der Waals surface area contributed by atoms with Gasteiger partial charge < -0.3 is 14.2 Å². The van der Waals surface area contributed by atoms with E-state index in [0.717, 1.165) is 21.5 Å². The second-order valence-electron chi connectivity index (χ2n) is 6.94. The third-order valence-corrected chi connectivity index (χ3v) is 4.17. The maximum atomic E-state index is 6.25. The molecule has 0 bridgehead atoms. The minimum absolute atomic E-state index is 0.145. The highest BCUT2D eigenvalue weighted by Crippen LogP contribution is 2.36. The summed E-state index contributed by atoms with van der Waals surface area (Å²) in [4.78, 5) is 0. The molecular weight excluding hydrogens is 380 g/mol. The van der Waals surface area contributed by atoms with Crippen molar-refractivity contribution in [3.05, 3.63) is 52.0 Å². The van der Waals surface area contributed by atoms with Crippen LogP contribution in [0.15, 0.2) is 46.5 Å². The van der Waals surface area contributed by atoms with Crippen molar-refractivity contribution in [2.75, 3.05) is 13.2 Å². The third kappa shape index (κ3) is 6.05. The zero-order valence-corrected chi connectivity index (χ0v) is 17.2. The van der Waals surface area contributed by atoms with Gasteiger partial charge in [0.1, 0.15) is 18.3 Å². The van der Waals surface area contributed by atoms with Crippen molar-refractivity contribution < 1.29 is 14.2 Å². The van der Waals surface area contributed by atoms with Crippen molar-refractivity contribution in [1.82, 2.24) is 0 Å². The molecule has 0 fully saturated rings. The van der Waals surface area contributed by atoms with Gasteiger partial charge in [0.25, 0.3) is 0 Å². The minimum atomic E-state index is -0.477. The van der Waals surface area contributed by atoms with Gasteiger partial charge in [0.05, 0.1) is 6.61 Å². The van der Waals surface area contributed by atoms with Crippen molar-refractivity contribution in [1.29, 1.82) is 0 Å². The van der Waals surface area contributed by atoms with Crippen LogP contribution in [-0.2, 0) is 4.74 Å². The molecule has 0 unspecified atom stereocenters. The summed E-state index contributed by atoms with van der Waals surface area (Å²) >= 11 is 3.42. The molecule has 1 atom stereocenters. The maximum Gasteiger partial charge on any atom is 0.162 e. The van der Waals surface area contributed by atoms with Gasteiger partial charge in [0.2, 0.25) is 0 Å². The molecule has 4 heteroatoms. The maximum absolute atomic E-state index is 6.25. The second-order valence-corrected chi connectivity index (χ2v) is 8.19. The van der Waals surface area contributed by atoms with E-state index in [9.17, 15) is 0 Å². The lowest BCUT2D eigenvalue weighted by Crippen LogP contribution is -2.45. The first-order chi connectivity index (χ1) is 11.8. The summed E-state index contributed by atoms with van der Waals surface area (Å²) in [7, 11) is 0. The van der Waals surface area contributed by atoms with Crippen molar-refractivity contribution in [2.24, 2.45) is 0 Å². The zero-order valence-electron chi connectivity index (χ0n) is 15.6. The van der Waals surface area contributed by atoms with E-state index >= 15 is 0 Å². The standard InChI is InChI=1S/C21H27BrO3/c1-15(2)11-12-23-20-14-24-18-10-9-17(8-6-7-16(3)22)13-19(18)25-21(20,4)5/h6-11,13,20H,12,14H2,1-5H3/b8-6+,16-7-/t20-/m0/s1. The average Bonchev–Trinajstić information content (AvgIpc) is 2.62. The SMILES string of the molecule is CC(C)=CCO[C@H]1COc2ccc(/C=C/C=C(/C)Br)cc2OC1(C)C. The van der Waals surface area contributed by atoms with E-state index in [0.29, 0.717) is 13.2 Å². The molecule has 0 spiro atoms. The fourth-order valence-corrected chi connectivity index (χ4v) is 2.57. The van der Waals surface area contributed by atoms with Crippen LogP contribution < -0.4 is 9.47 Å². The molecule has 1 aliphatic heterocycles. The second kappa shape index (κ2) is 8.72. The Bertz CT molecular complexity index is 678. The molecule has 0 saturated carbocycles. The lowest BCUT2D eigenvalue weighted by Gasteiger charge is -2.31. The van der Waals surface area contributed by atoms with Gasteiger partial charge >= 0.3 is 0 Å². The summed E-state index contributed by atoms with van der Waals surface area (Å²) < 4.78 is 19.3. The normalized spacial score (nSPS) is 19.6. The van der Waals surface area contributed by atoms with Crippen LogP contribution >= 0.6 is 15.9 Å². The van der Waals surface area contributed by atoms with Crippen LogP contribution in [0.1, 0.15) is 40.2 Å². The third-order valence-electron chi connectivity index (χ3n) is 3.91. The van der Waals surface area contributed by atoms with Gasteiger partial charge in [0, 0.05) is 0 Å². The first-order valence-corrected chi connectivity index (χ1v) is 9.28. The molecule has 1 heterocycles. The molecule has 25 heavy (non-hydrogen) atoms. The van der Waals surface area contributed by atoms with Crippen LogP contribution in [0.4, 0.5) is 0 Å². The Kier molecular flexibility index (Phi) is 6.91. The predicted molar refractivity (Wildman–Crippen MR) is 108 cm³/mol. The highest BCUT2D eigenvalue weighted by Gasteiger charge is 2.36. The van der Waals surface area contributed by atoms with E-state index in [1.165, 1.54) is 5.57 Å². The number of fused-ring (bicyclic) bond motifs is 1. The van der Waals surface area contributed by atoms with Gasteiger partial charge in [-0.15, -0.1) is 0 Å². The van der Waals surface area contributed by atoms with E-state index in [1.54, 1.807) is 0 Å². The van der Waals surface area contributed by atoms with Crippen LogP contribution in [0, 0.1) is 0 Å². The van der Waals surface area contributed by atoms with Crippen molar-refractivity contribution in [3.8, 4) is 11.5 Å². The summed E-state index contributed by atoms with van der Waals surface area (Å²) in [5, 5.41) is 0.